The second-order valence-corrected chi connectivity index (χ2v) is 4.58. The number of hydrogen-bond donors (Lipinski definition) is 2. The lowest BCUT2D eigenvalue weighted by Gasteiger charge is -2.29. The van der Waals surface area contributed by atoms with Crippen molar-refractivity contribution in [2.75, 3.05) is 6.61 Å². The quantitative estimate of drug-likeness (QED) is 0.857. The smallest absolute Gasteiger partial charge is 0.329 e. The predicted octanol–water partition coefficient (Wildman–Crippen LogP) is 1.09. The first-order valence-electron chi connectivity index (χ1n) is 4.97. The van der Waals surface area contributed by atoms with Crippen LogP contribution in [0.25, 0.3) is 0 Å². The van der Waals surface area contributed by atoms with Gasteiger partial charge in [-0.2, -0.15) is 0 Å². The van der Waals surface area contributed by atoms with Crippen molar-refractivity contribution in [3.8, 4) is 0 Å². The van der Waals surface area contributed by atoms with Gasteiger partial charge in [0.2, 0.25) is 5.91 Å². The molecule has 0 radical (unpaired) electrons. The molecule has 1 heterocycles. The van der Waals surface area contributed by atoms with E-state index in [1.807, 2.05) is 0 Å². The van der Waals surface area contributed by atoms with Gasteiger partial charge in [0.1, 0.15) is 12.7 Å². The van der Waals surface area contributed by atoms with Crippen molar-refractivity contribution >= 4 is 27.8 Å². The molecule has 2 atom stereocenters. The molecule has 6 heteroatoms. The summed E-state index contributed by atoms with van der Waals surface area (Å²) in [5.74, 6) is -1.52. The van der Waals surface area contributed by atoms with Gasteiger partial charge >= 0.3 is 5.97 Å². The van der Waals surface area contributed by atoms with Crippen LogP contribution in [0.15, 0.2) is 28.7 Å². The maximum atomic E-state index is 11.1. The lowest BCUT2D eigenvalue weighted by molar-refractivity contribution is -0.154. The fourth-order valence-electron chi connectivity index (χ4n) is 1.68. The molecule has 1 aromatic rings. The Labute approximate surface area is 106 Å². The first-order chi connectivity index (χ1) is 8.08. The standard InChI is InChI=1S/C11H10BrNO4/c12-7-3-1-6(2-4-7)10-9(11(15)16)13-8(14)5-17-10/h1-4,9-10H,5H2,(H,13,14)(H,15,16). The van der Waals surface area contributed by atoms with Crippen LogP contribution < -0.4 is 5.32 Å². The summed E-state index contributed by atoms with van der Waals surface area (Å²) in [6, 6.07) is 6.09. The Bertz CT molecular complexity index is 445. The number of halogens is 1. The molecule has 1 fully saturated rings. The van der Waals surface area contributed by atoms with Crippen LogP contribution in [-0.2, 0) is 14.3 Å². The van der Waals surface area contributed by atoms with Crippen LogP contribution in [0.5, 0.6) is 0 Å². The third-order valence-electron chi connectivity index (χ3n) is 2.48. The van der Waals surface area contributed by atoms with Gasteiger partial charge in [0.05, 0.1) is 0 Å². The van der Waals surface area contributed by atoms with Crippen molar-refractivity contribution in [3.63, 3.8) is 0 Å². The largest absolute Gasteiger partial charge is 0.480 e. The molecule has 2 unspecified atom stereocenters. The molecule has 0 aliphatic carbocycles. The second-order valence-electron chi connectivity index (χ2n) is 3.67. The maximum absolute atomic E-state index is 11.1. The Balaban J connectivity index is 2.26. The number of rotatable bonds is 2. The van der Waals surface area contributed by atoms with E-state index in [1.54, 1.807) is 24.3 Å². The number of carbonyl (C=O) groups is 2. The van der Waals surface area contributed by atoms with Crippen molar-refractivity contribution in [3.05, 3.63) is 34.3 Å². The van der Waals surface area contributed by atoms with E-state index < -0.39 is 24.0 Å². The van der Waals surface area contributed by atoms with E-state index in [9.17, 15) is 9.59 Å². The molecule has 5 nitrogen and oxygen atoms in total. The van der Waals surface area contributed by atoms with Gasteiger partial charge in [-0.3, -0.25) is 4.79 Å². The van der Waals surface area contributed by atoms with Gasteiger partial charge in [-0.1, -0.05) is 28.1 Å². The molecule has 17 heavy (non-hydrogen) atoms. The summed E-state index contributed by atoms with van der Waals surface area (Å²) in [6.07, 6.45) is -0.654. The second kappa shape index (κ2) is 4.85. The van der Waals surface area contributed by atoms with Crippen molar-refractivity contribution in [1.29, 1.82) is 0 Å². The summed E-state index contributed by atoms with van der Waals surface area (Å²) in [7, 11) is 0. The van der Waals surface area contributed by atoms with Gasteiger partial charge in [-0.15, -0.1) is 0 Å². The number of hydrogen-bond acceptors (Lipinski definition) is 3. The topological polar surface area (TPSA) is 75.6 Å². The Kier molecular flexibility index (Phi) is 3.44. The summed E-state index contributed by atoms with van der Waals surface area (Å²) in [6.45, 7) is -0.121. The lowest BCUT2D eigenvalue weighted by Crippen LogP contribution is -2.51. The van der Waals surface area contributed by atoms with E-state index in [2.05, 4.69) is 21.2 Å². The minimum Gasteiger partial charge on any atom is -0.480 e. The molecular formula is C11H10BrNO4. The average Bonchev–Trinajstić information content (AvgIpc) is 2.30. The average molecular weight is 300 g/mol. The maximum Gasteiger partial charge on any atom is 0.329 e. The Hall–Kier alpha value is -1.40. The van der Waals surface area contributed by atoms with E-state index in [1.165, 1.54) is 0 Å². The van der Waals surface area contributed by atoms with Crippen molar-refractivity contribution in [1.82, 2.24) is 5.32 Å². The first kappa shape index (κ1) is 12.1. The van der Waals surface area contributed by atoms with Crippen LogP contribution in [0.2, 0.25) is 0 Å². The molecule has 1 aromatic carbocycles. The molecule has 0 bridgehead atoms. The monoisotopic (exact) mass is 299 g/mol. The Morgan fingerprint density at radius 2 is 2.06 bits per heavy atom. The summed E-state index contributed by atoms with van der Waals surface area (Å²) in [5.41, 5.74) is 0.723. The molecule has 1 saturated heterocycles. The third kappa shape index (κ3) is 2.65. The molecule has 90 valence electrons. The molecule has 2 N–H and O–H groups in total. The van der Waals surface area contributed by atoms with Crippen LogP contribution in [0.3, 0.4) is 0 Å². The SMILES string of the molecule is O=C1COC(c2ccc(Br)cc2)C(C(=O)O)N1. The zero-order valence-electron chi connectivity index (χ0n) is 8.72. The molecule has 1 aliphatic heterocycles. The van der Waals surface area contributed by atoms with Gasteiger partial charge in [-0.25, -0.2) is 4.79 Å². The minimum atomic E-state index is -1.11. The van der Waals surface area contributed by atoms with Crippen molar-refractivity contribution in [2.45, 2.75) is 12.1 Å². The highest BCUT2D eigenvalue weighted by molar-refractivity contribution is 9.10. The van der Waals surface area contributed by atoms with Crippen molar-refractivity contribution in [2.24, 2.45) is 0 Å². The highest BCUT2D eigenvalue weighted by atomic mass is 79.9. The Morgan fingerprint density at radius 1 is 1.41 bits per heavy atom. The highest BCUT2D eigenvalue weighted by Crippen LogP contribution is 2.25. The first-order valence-corrected chi connectivity index (χ1v) is 5.76. The number of aliphatic carboxylic acids is 1. The zero-order chi connectivity index (χ0) is 12.4. The normalized spacial score (nSPS) is 24.2. The number of carbonyl (C=O) groups excluding carboxylic acids is 1. The zero-order valence-corrected chi connectivity index (χ0v) is 10.3. The van der Waals surface area contributed by atoms with Gasteiger partial charge in [-0.05, 0) is 17.7 Å². The number of amides is 1. The van der Waals surface area contributed by atoms with Gasteiger partial charge in [0, 0.05) is 4.47 Å². The predicted molar refractivity (Wildman–Crippen MR) is 62.4 cm³/mol. The molecule has 2 rings (SSSR count). The summed E-state index contributed by atoms with van der Waals surface area (Å²) in [5, 5.41) is 11.4. The number of morpholine rings is 1. The van der Waals surface area contributed by atoms with Crippen molar-refractivity contribution < 1.29 is 19.4 Å². The Morgan fingerprint density at radius 3 is 2.65 bits per heavy atom. The molecule has 0 spiro atoms. The number of benzene rings is 1. The van der Waals surface area contributed by atoms with Gasteiger partial charge in [0.25, 0.3) is 0 Å². The van der Waals surface area contributed by atoms with E-state index in [0.717, 1.165) is 10.0 Å². The van der Waals surface area contributed by atoms with E-state index in [4.69, 9.17) is 9.84 Å². The van der Waals surface area contributed by atoms with Crippen LogP contribution in [-0.4, -0.2) is 29.6 Å². The summed E-state index contributed by atoms with van der Waals surface area (Å²) < 4.78 is 6.18. The molecule has 1 aliphatic rings. The number of nitrogens with one attached hydrogen (secondary N) is 1. The van der Waals surface area contributed by atoms with Crippen LogP contribution >= 0.6 is 15.9 Å². The van der Waals surface area contributed by atoms with Crippen LogP contribution in [0.4, 0.5) is 0 Å². The van der Waals surface area contributed by atoms with E-state index >= 15 is 0 Å². The minimum absolute atomic E-state index is 0.121. The number of carboxylic acids is 1. The number of carboxylic acid groups (broad SMARTS) is 1. The molecule has 0 saturated carbocycles. The highest BCUT2D eigenvalue weighted by Gasteiger charge is 2.35. The summed E-state index contributed by atoms with van der Waals surface area (Å²) in [4.78, 5) is 22.1. The fraction of sp³-hybridized carbons (Fsp3) is 0.273. The number of ether oxygens (including phenoxy) is 1. The van der Waals surface area contributed by atoms with E-state index in [-0.39, 0.29) is 6.61 Å². The molecular weight excluding hydrogens is 290 g/mol. The van der Waals surface area contributed by atoms with Gasteiger partial charge in [0.15, 0.2) is 6.04 Å². The summed E-state index contributed by atoms with van der Waals surface area (Å²) >= 11 is 3.30. The van der Waals surface area contributed by atoms with Crippen LogP contribution in [0.1, 0.15) is 11.7 Å². The fourth-order valence-corrected chi connectivity index (χ4v) is 1.95. The molecule has 0 aromatic heterocycles. The van der Waals surface area contributed by atoms with E-state index in [0.29, 0.717) is 0 Å². The molecule has 1 amide bonds. The third-order valence-corrected chi connectivity index (χ3v) is 3.01. The lowest BCUT2D eigenvalue weighted by atomic mass is 10.0. The van der Waals surface area contributed by atoms with Gasteiger partial charge < -0.3 is 15.2 Å². The van der Waals surface area contributed by atoms with Crippen LogP contribution in [0, 0.1) is 0 Å².